The Labute approximate surface area is 201 Å². The van der Waals surface area contributed by atoms with Crippen LogP contribution >= 0.6 is 11.8 Å². The number of anilines is 1. The number of primary amides is 1. The minimum atomic E-state index is -0.428. The SMILES string of the molecule is CCN(CC)C(=O)c1cccc(NC(=O)CSc2nnc(CCC(N)=O)n2Cc2ccco2)c1. The number of thioether (sulfide) groups is 1. The lowest BCUT2D eigenvalue weighted by Gasteiger charge is -2.19. The van der Waals surface area contributed by atoms with Crippen LogP contribution in [0.4, 0.5) is 5.69 Å². The highest BCUT2D eigenvalue weighted by atomic mass is 32.2. The van der Waals surface area contributed by atoms with E-state index < -0.39 is 5.91 Å². The maximum Gasteiger partial charge on any atom is 0.253 e. The Balaban J connectivity index is 1.66. The second kappa shape index (κ2) is 12.0. The van der Waals surface area contributed by atoms with Gasteiger partial charge >= 0.3 is 0 Å². The van der Waals surface area contributed by atoms with Crippen molar-refractivity contribution in [2.45, 2.75) is 38.4 Å². The Hall–Kier alpha value is -3.60. The van der Waals surface area contributed by atoms with Crippen LogP contribution < -0.4 is 11.1 Å². The summed E-state index contributed by atoms with van der Waals surface area (Å²) in [4.78, 5) is 38.1. The largest absolute Gasteiger partial charge is 0.467 e. The molecule has 3 aromatic rings. The Morgan fingerprint density at radius 1 is 1.15 bits per heavy atom. The number of hydrogen-bond acceptors (Lipinski definition) is 7. The molecule has 0 unspecified atom stereocenters. The van der Waals surface area contributed by atoms with Crippen molar-refractivity contribution >= 4 is 35.2 Å². The minimum Gasteiger partial charge on any atom is -0.467 e. The van der Waals surface area contributed by atoms with Crippen LogP contribution in [0.1, 0.15) is 42.2 Å². The van der Waals surface area contributed by atoms with Crippen LogP contribution in [0.15, 0.2) is 52.2 Å². The predicted molar refractivity (Wildman–Crippen MR) is 128 cm³/mol. The minimum absolute atomic E-state index is 0.0787. The number of nitrogens with two attached hydrogens (primary N) is 1. The zero-order valence-corrected chi connectivity index (χ0v) is 20.0. The van der Waals surface area contributed by atoms with Crippen LogP contribution in [0.3, 0.4) is 0 Å². The molecule has 0 radical (unpaired) electrons. The first-order valence-electron chi connectivity index (χ1n) is 11.0. The van der Waals surface area contributed by atoms with E-state index in [1.165, 1.54) is 11.8 Å². The summed E-state index contributed by atoms with van der Waals surface area (Å²) in [5.74, 6) is 0.610. The van der Waals surface area contributed by atoms with Gasteiger partial charge in [-0.25, -0.2) is 0 Å². The summed E-state index contributed by atoms with van der Waals surface area (Å²) < 4.78 is 7.23. The van der Waals surface area contributed by atoms with Gasteiger partial charge in [0.1, 0.15) is 11.6 Å². The maximum atomic E-state index is 12.6. The molecule has 0 spiro atoms. The molecule has 1 aromatic carbocycles. The second-order valence-corrected chi connectivity index (χ2v) is 8.37. The molecule has 0 saturated heterocycles. The van der Waals surface area contributed by atoms with Gasteiger partial charge in [0.05, 0.1) is 18.6 Å². The lowest BCUT2D eigenvalue weighted by atomic mass is 10.1. The van der Waals surface area contributed by atoms with E-state index in [1.54, 1.807) is 41.5 Å². The van der Waals surface area contributed by atoms with Gasteiger partial charge in [0.25, 0.3) is 5.91 Å². The molecule has 0 saturated carbocycles. The van der Waals surface area contributed by atoms with Gasteiger partial charge in [-0.1, -0.05) is 17.8 Å². The van der Waals surface area contributed by atoms with Gasteiger partial charge in [-0.2, -0.15) is 0 Å². The van der Waals surface area contributed by atoms with Gasteiger partial charge in [0.2, 0.25) is 11.8 Å². The maximum absolute atomic E-state index is 12.6. The highest BCUT2D eigenvalue weighted by molar-refractivity contribution is 7.99. The van der Waals surface area contributed by atoms with Gasteiger partial charge in [0, 0.05) is 37.2 Å². The quantitative estimate of drug-likeness (QED) is 0.377. The first-order valence-corrected chi connectivity index (χ1v) is 11.9. The van der Waals surface area contributed by atoms with E-state index in [1.807, 2.05) is 24.5 Å². The number of rotatable bonds is 12. The fraction of sp³-hybridized carbons (Fsp3) is 0.348. The summed E-state index contributed by atoms with van der Waals surface area (Å²) in [7, 11) is 0. The van der Waals surface area contributed by atoms with Crippen molar-refractivity contribution in [3.63, 3.8) is 0 Å². The van der Waals surface area contributed by atoms with Crippen LogP contribution in [-0.4, -0.2) is 56.2 Å². The Bertz CT molecular complexity index is 1120. The van der Waals surface area contributed by atoms with E-state index in [-0.39, 0.29) is 24.0 Å². The molecule has 180 valence electrons. The molecule has 34 heavy (non-hydrogen) atoms. The highest BCUT2D eigenvalue weighted by Crippen LogP contribution is 2.21. The van der Waals surface area contributed by atoms with E-state index >= 15 is 0 Å². The monoisotopic (exact) mass is 484 g/mol. The zero-order valence-electron chi connectivity index (χ0n) is 19.2. The second-order valence-electron chi connectivity index (χ2n) is 7.43. The molecule has 10 nitrogen and oxygen atoms in total. The molecule has 0 atom stereocenters. The molecule has 3 rings (SSSR count). The molecule has 0 aliphatic carbocycles. The number of benzene rings is 1. The van der Waals surface area contributed by atoms with Crippen molar-refractivity contribution in [2.24, 2.45) is 5.73 Å². The lowest BCUT2D eigenvalue weighted by Crippen LogP contribution is -2.30. The van der Waals surface area contributed by atoms with Gasteiger partial charge in [-0.05, 0) is 44.2 Å². The lowest BCUT2D eigenvalue weighted by molar-refractivity contribution is -0.118. The number of aromatic nitrogens is 3. The Morgan fingerprint density at radius 3 is 2.62 bits per heavy atom. The first kappa shape index (κ1) is 25.0. The zero-order chi connectivity index (χ0) is 24.5. The molecule has 0 fully saturated rings. The summed E-state index contributed by atoms with van der Waals surface area (Å²) >= 11 is 1.22. The van der Waals surface area contributed by atoms with E-state index in [2.05, 4.69) is 15.5 Å². The standard InChI is InChI=1S/C23H28N6O4S/c1-3-28(4-2)22(32)16-7-5-8-17(13-16)25-21(31)15-34-23-27-26-20(11-10-19(24)30)29(23)14-18-9-6-12-33-18/h5-9,12-13H,3-4,10-11,14-15H2,1-2H3,(H2,24,30)(H,25,31). The fourth-order valence-corrected chi connectivity index (χ4v) is 4.07. The van der Waals surface area contributed by atoms with Crippen LogP contribution in [0.25, 0.3) is 0 Å². The number of amides is 3. The van der Waals surface area contributed by atoms with Crippen molar-refractivity contribution in [3.8, 4) is 0 Å². The number of hydrogen-bond donors (Lipinski definition) is 2. The summed E-state index contributed by atoms with van der Waals surface area (Å²) in [6.45, 7) is 5.45. The molecule has 0 aliphatic rings. The van der Waals surface area contributed by atoms with Crippen molar-refractivity contribution in [2.75, 3.05) is 24.2 Å². The van der Waals surface area contributed by atoms with Crippen LogP contribution in [0.2, 0.25) is 0 Å². The topological polar surface area (TPSA) is 136 Å². The van der Waals surface area contributed by atoms with E-state index in [9.17, 15) is 14.4 Å². The molecule has 3 N–H and O–H groups in total. The van der Waals surface area contributed by atoms with Crippen LogP contribution in [0, 0.1) is 0 Å². The number of furan rings is 1. The predicted octanol–water partition coefficient (Wildman–Crippen LogP) is 2.55. The molecule has 0 bridgehead atoms. The van der Waals surface area contributed by atoms with Crippen molar-refractivity contribution in [3.05, 3.63) is 59.8 Å². The van der Waals surface area contributed by atoms with Crippen molar-refractivity contribution < 1.29 is 18.8 Å². The van der Waals surface area contributed by atoms with Gasteiger partial charge in [-0.15, -0.1) is 10.2 Å². The first-order chi connectivity index (χ1) is 16.4. The van der Waals surface area contributed by atoms with E-state index in [0.29, 0.717) is 54.0 Å². The number of aryl methyl sites for hydroxylation is 1. The summed E-state index contributed by atoms with van der Waals surface area (Å²) in [5, 5.41) is 11.7. The average molecular weight is 485 g/mol. The Kier molecular flexibility index (Phi) is 8.86. The van der Waals surface area contributed by atoms with Crippen molar-refractivity contribution in [1.82, 2.24) is 19.7 Å². The number of nitrogens with zero attached hydrogens (tertiary/aromatic N) is 4. The molecule has 11 heteroatoms. The summed E-state index contributed by atoms with van der Waals surface area (Å²) in [5.41, 5.74) is 6.33. The third-order valence-corrected chi connectivity index (χ3v) is 6.03. The molecular formula is C23H28N6O4S. The van der Waals surface area contributed by atoms with Crippen LogP contribution in [0.5, 0.6) is 0 Å². The molecule has 0 aliphatic heterocycles. The molecular weight excluding hydrogens is 456 g/mol. The fourth-order valence-electron chi connectivity index (χ4n) is 3.31. The smallest absolute Gasteiger partial charge is 0.253 e. The van der Waals surface area contributed by atoms with Gasteiger partial charge < -0.3 is 20.4 Å². The van der Waals surface area contributed by atoms with E-state index in [0.717, 1.165) is 0 Å². The van der Waals surface area contributed by atoms with Gasteiger partial charge in [-0.3, -0.25) is 19.0 Å². The van der Waals surface area contributed by atoms with Gasteiger partial charge in [0.15, 0.2) is 5.16 Å². The van der Waals surface area contributed by atoms with Crippen molar-refractivity contribution in [1.29, 1.82) is 0 Å². The van der Waals surface area contributed by atoms with Crippen LogP contribution in [-0.2, 0) is 22.6 Å². The Morgan fingerprint density at radius 2 is 1.94 bits per heavy atom. The summed E-state index contributed by atoms with van der Waals surface area (Å²) in [6.07, 6.45) is 2.05. The summed E-state index contributed by atoms with van der Waals surface area (Å²) in [6, 6.07) is 10.5. The third kappa shape index (κ3) is 6.70. The average Bonchev–Trinajstić information content (AvgIpc) is 3.47. The van der Waals surface area contributed by atoms with E-state index in [4.69, 9.17) is 10.2 Å². The third-order valence-electron chi connectivity index (χ3n) is 5.06. The number of carbonyl (C=O) groups is 3. The normalized spacial score (nSPS) is 10.8. The number of nitrogens with one attached hydrogen (secondary N) is 1. The molecule has 2 heterocycles. The molecule has 2 aromatic heterocycles. The molecule has 3 amide bonds. The highest BCUT2D eigenvalue weighted by Gasteiger charge is 2.17. The number of carbonyl (C=O) groups excluding carboxylic acids is 3.